The molecule has 36 heavy (non-hydrogen) atoms. The Morgan fingerprint density at radius 2 is 1.11 bits per heavy atom. The van der Waals surface area contributed by atoms with Crippen molar-refractivity contribution in [2.45, 2.75) is 5.41 Å². The van der Waals surface area contributed by atoms with Crippen LogP contribution in [0.25, 0.3) is 22.2 Å². The molecular formula is C32H24FN3. The van der Waals surface area contributed by atoms with Crippen LogP contribution in [0.15, 0.2) is 127 Å². The molecule has 0 saturated heterocycles. The van der Waals surface area contributed by atoms with Crippen molar-refractivity contribution in [1.82, 2.24) is 10.2 Å². The number of nitrogens with zero attached hydrogens (tertiary/aromatic N) is 1. The zero-order valence-electron chi connectivity index (χ0n) is 19.5. The van der Waals surface area contributed by atoms with Crippen LogP contribution in [-0.4, -0.2) is 10.2 Å². The summed E-state index contributed by atoms with van der Waals surface area (Å²) >= 11 is 0. The highest BCUT2D eigenvalue weighted by Gasteiger charge is 2.41. The van der Waals surface area contributed by atoms with Gasteiger partial charge in [-0.1, -0.05) is 91.0 Å². The molecule has 0 saturated carbocycles. The summed E-state index contributed by atoms with van der Waals surface area (Å²) in [4.78, 5) is 0. The Hall–Kier alpha value is -4.70. The molecule has 6 aromatic rings. The first kappa shape index (κ1) is 21.8. The van der Waals surface area contributed by atoms with Gasteiger partial charge in [-0.05, 0) is 53.1 Å². The minimum atomic E-state index is -0.730. The second-order valence-electron chi connectivity index (χ2n) is 8.88. The molecule has 0 fully saturated rings. The van der Waals surface area contributed by atoms with Gasteiger partial charge in [-0.25, -0.2) is 4.39 Å². The van der Waals surface area contributed by atoms with Gasteiger partial charge in [-0.3, -0.25) is 5.10 Å². The Morgan fingerprint density at radius 3 is 1.61 bits per heavy atom. The van der Waals surface area contributed by atoms with Gasteiger partial charge in [0.25, 0.3) is 0 Å². The Morgan fingerprint density at radius 1 is 0.611 bits per heavy atom. The first-order valence-corrected chi connectivity index (χ1v) is 11.9. The number of nitrogen functional groups attached to an aromatic ring is 1. The van der Waals surface area contributed by atoms with Crippen molar-refractivity contribution < 1.29 is 4.39 Å². The Labute approximate surface area is 209 Å². The minimum Gasteiger partial charge on any atom is -0.398 e. The van der Waals surface area contributed by atoms with Gasteiger partial charge in [0.2, 0.25) is 0 Å². The molecule has 0 aliphatic rings. The number of aromatic amines is 1. The number of rotatable bonds is 5. The van der Waals surface area contributed by atoms with Crippen molar-refractivity contribution in [2.75, 3.05) is 5.73 Å². The maximum atomic E-state index is 13.8. The molecule has 6 rings (SSSR count). The van der Waals surface area contributed by atoms with Crippen molar-refractivity contribution in [1.29, 1.82) is 0 Å². The van der Waals surface area contributed by atoms with E-state index in [9.17, 15) is 4.39 Å². The van der Waals surface area contributed by atoms with Crippen LogP contribution in [0.2, 0.25) is 0 Å². The molecule has 0 unspecified atom stereocenters. The summed E-state index contributed by atoms with van der Waals surface area (Å²) in [5.74, 6) is -0.287. The number of anilines is 1. The third-order valence-corrected chi connectivity index (χ3v) is 6.88. The Bertz CT molecular complexity index is 1530. The third kappa shape index (κ3) is 3.38. The molecule has 0 radical (unpaired) electrons. The summed E-state index contributed by atoms with van der Waals surface area (Å²) in [5.41, 5.74) is 13.5. The van der Waals surface area contributed by atoms with E-state index in [1.165, 1.54) is 12.1 Å². The van der Waals surface area contributed by atoms with Crippen molar-refractivity contribution >= 4 is 16.6 Å². The van der Waals surface area contributed by atoms with E-state index in [1.54, 1.807) is 12.1 Å². The number of benzene rings is 5. The van der Waals surface area contributed by atoms with Gasteiger partial charge in [0.15, 0.2) is 0 Å². The Balaban J connectivity index is 1.82. The van der Waals surface area contributed by atoms with Gasteiger partial charge in [-0.2, -0.15) is 5.10 Å². The normalized spacial score (nSPS) is 11.6. The average molecular weight is 470 g/mol. The molecule has 0 amide bonds. The molecule has 4 heteroatoms. The van der Waals surface area contributed by atoms with Gasteiger partial charge in [0.1, 0.15) is 11.5 Å². The second kappa shape index (κ2) is 8.82. The van der Waals surface area contributed by atoms with Crippen LogP contribution >= 0.6 is 0 Å². The van der Waals surface area contributed by atoms with Crippen LogP contribution in [0, 0.1) is 5.82 Å². The van der Waals surface area contributed by atoms with Gasteiger partial charge >= 0.3 is 0 Å². The lowest BCUT2D eigenvalue weighted by Gasteiger charge is -2.38. The van der Waals surface area contributed by atoms with Gasteiger partial charge in [0, 0.05) is 22.2 Å². The van der Waals surface area contributed by atoms with Crippen LogP contribution < -0.4 is 5.73 Å². The van der Waals surface area contributed by atoms with Crippen molar-refractivity contribution in [3.63, 3.8) is 0 Å². The minimum absolute atomic E-state index is 0.287. The average Bonchev–Trinajstić information content (AvgIpc) is 3.36. The summed E-state index contributed by atoms with van der Waals surface area (Å²) in [6, 6.07) is 41.6. The SMILES string of the molecule is Nc1ccc2[nH]nc(-c3ccc(F)cc3)c2c1C(c1ccccc1)(c1ccccc1)c1ccccc1. The summed E-state index contributed by atoms with van der Waals surface area (Å²) in [7, 11) is 0. The molecule has 3 nitrogen and oxygen atoms in total. The number of halogens is 1. The highest BCUT2D eigenvalue weighted by Crippen LogP contribution is 2.50. The fourth-order valence-corrected chi connectivity index (χ4v) is 5.35. The van der Waals surface area contributed by atoms with E-state index in [2.05, 4.69) is 83.0 Å². The molecule has 0 bridgehead atoms. The molecule has 3 N–H and O–H groups in total. The zero-order valence-corrected chi connectivity index (χ0v) is 19.5. The first-order chi connectivity index (χ1) is 17.7. The van der Waals surface area contributed by atoms with Crippen LogP contribution in [0.5, 0.6) is 0 Å². The third-order valence-electron chi connectivity index (χ3n) is 6.88. The molecule has 174 valence electrons. The maximum Gasteiger partial charge on any atom is 0.123 e. The molecule has 1 aromatic heterocycles. The predicted octanol–water partition coefficient (Wildman–Crippen LogP) is 7.33. The lowest BCUT2D eigenvalue weighted by Crippen LogP contribution is -2.32. The van der Waals surface area contributed by atoms with Crippen LogP contribution in [0.1, 0.15) is 22.3 Å². The van der Waals surface area contributed by atoms with Crippen LogP contribution in [0.3, 0.4) is 0 Å². The Kier molecular flexibility index (Phi) is 5.34. The highest BCUT2D eigenvalue weighted by atomic mass is 19.1. The predicted molar refractivity (Wildman–Crippen MR) is 144 cm³/mol. The fraction of sp³-hybridized carbons (Fsp3) is 0.0312. The smallest absolute Gasteiger partial charge is 0.123 e. The number of nitrogens with two attached hydrogens (primary N) is 1. The lowest BCUT2D eigenvalue weighted by molar-refractivity contribution is 0.628. The lowest BCUT2D eigenvalue weighted by atomic mass is 9.63. The highest BCUT2D eigenvalue weighted by molar-refractivity contribution is 6.00. The van der Waals surface area contributed by atoms with E-state index in [1.807, 2.05) is 30.3 Å². The summed E-state index contributed by atoms with van der Waals surface area (Å²) < 4.78 is 13.8. The van der Waals surface area contributed by atoms with E-state index < -0.39 is 5.41 Å². The summed E-state index contributed by atoms with van der Waals surface area (Å²) in [6.45, 7) is 0. The maximum absolute atomic E-state index is 13.8. The monoisotopic (exact) mass is 469 g/mol. The van der Waals surface area contributed by atoms with Gasteiger partial charge in [-0.15, -0.1) is 0 Å². The van der Waals surface area contributed by atoms with Gasteiger partial charge < -0.3 is 5.73 Å². The van der Waals surface area contributed by atoms with Crippen LogP contribution in [0.4, 0.5) is 10.1 Å². The number of hydrogen-bond donors (Lipinski definition) is 2. The van der Waals surface area contributed by atoms with Crippen LogP contribution in [-0.2, 0) is 5.41 Å². The summed E-state index contributed by atoms with van der Waals surface area (Å²) in [5, 5.41) is 8.80. The first-order valence-electron chi connectivity index (χ1n) is 11.9. The topological polar surface area (TPSA) is 54.7 Å². The van der Waals surface area contributed by atoms with Crippen molar-refractivity contribution in [2.24, 2.45) is 0 Å². The molecule has 5 aromatic carbocycles. The number of nitrogens with one attached hydrogen (secondary N) is 1. The zero-order chi connectivity index (χ0) is 24.5. The number of aromatic nitrogens is 2. The van der Waals surface area contributed by atoms with Crippen molar-refractivity contribution in [3.8, 4) is 11.3 Å². The molecule has 0 atom stereocenters. The second-order valence-corrected chi connectivity index (χ2v) is 8.88. The van der Waals surface area contributed by atoms with Gasteiger partial charge in [0.05, 0.1) is 10.9 Å². The van der Waals surface area contributed by atoms with E-state index in [4.69, 9.17) is 5.73 Å². The standard InChI is InChI=1S/C32H24FN3/c33-26-18-16-22(17-19-26)31-29-28(35-36-31)21-20-27(34)30(29)32(23-10-4-1-5-11-23,24-12-6-2-7-13-24)25-14-8-3-9-15-25/h1-21H,34H2,(H,35,36). The molecule has 1 heterocycles. The quantitative estimate of drug-likeness (QED) is 0.205. The number of fused-ring (bicyclic) bond motifs is 1. The molecule has 0 spiro atoms. The van der Waals surface area contributed by atoms with E-state index >= 15 is 0 Å². The van der Waals surface area contributed by atoms with E-state index in [-0.39, 0.29) is 5.82 Å². The molecule has 0 aliphatic heterocycles. The number of H-pyrrole nitrogens is 1. The number of hydrogen-bond acceptors (Lipinski definition) is 2. The molecule has 0 aliphatic carbocycles. The summed E-state index contributed by atoms with van der Waals surface area (Å²) in [6.07, 6.45) is 0. The van der Waals surface area contributed by atoms with Crippen molar-refractivity contribution in [3.05, 3.63) is 155 Å². The van der Waals surface area contributed by atoms with E-state index in [0.717, 1.165) is 44.4 Å². The molecular weight excluding hydrogens is 445 g/mol. The largest absolute Gasteiger partial charge is 0.398 e. The van der Waals surface area contributed by atoms with E-state index in [0.29, 0.717) is 5.69 Å². The fourth-order valence-electron chi connectivity index (χ4n) is 5.35.